The Kier molecular flexibility index (Phi) is 4.11. The van der Waals surface area contributed by atoms with Gasteiger partial charge in [0.05, 0.1) is 12.1 Å². The van der Waals surface area contributed by atoms with Crippen LogP contribution >= 0.6 is 0 Å². The van der Waals surface area contributed by atoms with Crippen molar-refractivity contribution < 1.29 is 5.11 Å². The lowest BCUT2D eigenvalue weighted by atomic mass is 9.88. The van der Waals surface area contributed by atoms with E-state index in [-0.39, 0.29) is 12.1 Å². The van der Waals surface area contributed by atoms with Crippen LogP contribution in [-0.4, -0.2) is 48.3 Å². The van der Waals surface area contributed by atoms with Gasteiger partial charge in [0.2, 0.25) is 0 Å². The summed E-state index contributed by atoms with van der Waals surface area (Å²) in [6.45, 7) is 7.16. The molecule has 100 valence electrons. The fraction of sp³-hybridized carbons (Fsp3) is 1.00. The second-order valence-corrected chi connectivity index (χ2v) is 6.29. The zero-order chi connectivity index (χ0) is 12.5. The summed E-state index contributed by atoms with van der Waals surface area (Å²) in [5.74, 6) is 1.55. The van der Waals surface area contributed by atoms with Gasteiger partial charge < -0.3 is 10.4 Å². The van der Waals surface area contributed by atoms with Crippen LogP contribution < -0.4 is 5.32 Å². The number of piperidine rings is 1. The molecule has 0 bridgehead atoms. The third-order valence-corrected chi connectivity index (χ3v) is 4.90. The van der Waals surface area contributed by atoms with Gasteiger partial charge in [0, 0.05) is 12.6 Å². The Morgan fingerprint density at radius 1 is 1.29 bits per heavy atom. The number of likely N-dealkylation sites (tertiary alicyclic amines) is 1. The predicted octanol–water partition coefficient (Wildman–Crippen LogP) is 1.47. The average Bonchev–Trinajstić information content (AvgIpc) is 3.13. The molecule has 1 saturated heterocycles. The Morgan fingerprint density at radius 3 is 2.47 bits per heavy atom. The zero-order valence-corrected chi connectivity index (χ0v) is 11.6. The molecule has 17 heavy (non-hydrogen) atoms. The highest BCUT2D eigenvalue weighted by atomic mass is 16.3. The third kappa shape index (κ3) is 2.83. The second kappa shape index (κ2) is 5.25. The fourth-order valence-corrected chi connectivity index (χ4v) is 3.36. The van der Waals surface area contributed by atoms with E-state index in [9.17, 15) is 5.11 Å². The largest absolute Gasteiger partial charge is 0.394 e. The molecule has 2 rings (SSSR count). The Balaban J connectivity index is 1.97. The van der Waals surface area contributed by atoms with Crippen molar-refractivity contribution in [2.24, 2.45) is 11.8 Å². The Morgan fingerprint density at radius 2 is 2.00 bits per heavy atom. The van der Waals surface area contributed by atoms with Gasteiger partial charge in [-0.15, -0.1) is 0 Å². The summed E-state index contributed by atoms with van der Waals surface area (Å²) in [4.78, 5) is 2.57. The van der Waals surface area contributed by atoms with Crippen LogP contribution in [0.1, 0.15) is 39.5 Å². The lowest BCUT2D eigenvalue weighted by Gasteiger charge is -2.43. The molecule has 1 aliphatic heterocycles. The van der Waals surface area contributed by atoms with E-state index in [0.29, 0.717) is 12.0 Å². The lowest BCUT2D eigenvalue weighted by Crippen LogP contribution is -2.59. The standard InChI is InChI=1S/C14H28N2O/c1-11-6-7-16(12(2)8-11)9-14(10-17,15-3)13-4-5-13/h11-13,15,17H,4-10H2,1-3H3. The highest BCUT2D eigenvalue weighted by molar-refractivity contribution is 5.03. The maximum atomic E-state index is 9.77. The first-order valence-corrected chi connectivity index (χ1v) is 7.15. The maximum Gasteiger partial charge on any atom is 0.0628 e. The van der Waals surface area contributed by atoms with Crippen molar-refractivity contribution in [3.05, 3.63) is 0 Å². The van der Waals surface area contributed by atoms with Crippen molar-refractivity contribution >= 4 is 0 Å². The second-order valence-electron chi connectivity index (χ2n) is 6.29. The molecule has 3 heteroatoms. The van der Waals surface area contributed by atoms with Crippen LogP contribution in [0.25, 0.3) is 0 Å². The SMILES string of the molecule is CNC(CO)(CN1CCC(C)CC1C)C1CC1. The van der Waals surface area contributed by atoms with Gasteiger partial charge in [0.1, 0.15) is 0 Å². The lowest BCUT2D eigenvalue weighted by molar-refractivity contribution is 0.0520. The molecule has 0 radical (unpaired) electrons. The first-order chi connectivity index (χ1) is 8.11. The molecule has 1 heterocycles. The van der Waals surface area contributed by atoms with Gasteiger partial charge in [-0.3, -0.25) is 4.90 Å². The molecule has 0 amide bonds. The van der Waals surface area contributed by atoms with Gasteiger partial charge in [-0.1, -0.05) is 6.92 Å². The molecule has 2 N–H and O–H groups in total. The molecule has 0 aromatic rings. The molecule has 0 spiro atoms. The minimum absolute atomic E-state index is 0.0468. The minimum Gasteiger partial charge on any atom is -0.394 e. The van der Waals surface area contributed by atoms with Gasteiger partial charge >= 0.3 is 0 Å². The average molecular weight is 240 g/mol. The summed E-state index contributed by atoms with van der Waals surface area (Å²) in [5, 5.41) is 13.2. The monoisotopic (exact) mass is 240 g/mol. The normalized spacial score (nSPS) is 34.6. The van der Waals surface area contributed by atoms with Crippen LogP contribution in [0.4, 0.5) is 0 Å². The summed E-state index contributed by atoms with van der Waals surface area (Å²) >= 11 is 0. The minimum atomic E-state index is -0.0468. The van der Waals surface area contributed by atoms with Gasteiger partial charge in [0.25, 0.3) is 0 Å². The van der Waals surface area contributed by atoms with Gasteiger partial charge in [0.15, 0.2) is 0 Å². The molecule has 2 aliphatic rings. The summed E-state index contributed by atoms with van der Waals surface area (Å²) in [5.41, 5.74) is -0.0468. The molecule has 0 aromatic carbocycles. The molecule has 3 unspecified atom stereocenters. The molecular weight excluding hydrogens is 212 g/mol. The molecule has 1 saturated carbocycles. The molecule has 2 fully saturated rings. The quantitative estimate of drug-likeness (QED) is 0.764. The van der Waals surface area contributed by atoms with E-state index < -0.39 is 0 Å². The van der Waals surface area contributed by atoms with E-state index in [1.165, 1.54) is 32.2 Å². The molecule has 3 nitrogen and oxygen atoms in total. The van der Waals surface area contributed by atoms with Crippen LogP contribution in [0.3, 0.4) is 0 Å². The molecule has 3 atom stereocenters. The summed E-state index contributed by atoms with van der Waals surface area (Å²) in [6, 6.07) is 0.664. The van der Waals surface area contributed by atoms with Crippen molar-refractivity contribution in [1.82, 2.24) is 10.2 Å². The first kappa shape index (κ1) is 13.3. The third-order valence-electron chi connectivity index (χ3n) is 4.90. The number of aliphatic hydroxyl groups excluding tert-OH is 1. The number of hydrogen-bond acceptors (Lipinski definition) is 3. The first-order valence-electron chi connectivity index (χ1n) is 7.15. The topological polar surface area (TPSA) is 35.5 Å². The number of nitrogens with one attached hydrogen (secondary N) is 1. The highest BCUT2D eigenvalue weighted by Gasteiger charge is 2.45. The Bertz CT molecular complexity index is 249. The van der Waals surface area contributed by atoms with Crippen molar-refractivity contribution in [1.29, 1.82) is 0 Å². The van der Waals surface area contributed by atoms with Crippen LogP contribution in [0.15, 0.2) is 0 Å². The summed E-state index contributed by atoms with van der Waals surface area (Å²) < 4.78 is 0. The van der Waals surface area contributed by atoms with E-state index >= 15 is 0 Å². The van der Waals surface area contributed by atoms with Gasteiger partial charge in [-0.2, -0.15) is 0 Å². The summed E-state index contributed by atoms with van der Waals surface area (Å²) in [6.07, 6.45) is 5.16. The van der Waals surface area contributed by atoms with Crippen molar-refractivity contribution in [3.8, 4) is 0 Å². The van der Waals surface area contributed by atoms with Crippen molar-refractivity contribution in [3.63, 3.8) is 0 Å². The molecular formula is C14H28N2O. The van der Waals surface area contributed by atoms with Crippen molar-refractivity contribution in [2.45, 2.75) is 51.1 Å². The van der Waals surface area contributed by atoms with E-state index in [1.54, 1.807) is 0 Å². The van der Waals surface area contributed by atoms with Crippen LogP contribution in [0.5, 0.6) is 0 Å². The maximum absolute atomic E-state index is 9.77. The number of nitrogens with zero attached hydrogens (tertiary/aromatic N) is 1. The highest BCUT2D eigenvalue weighted by Crippen LogP contribution is 2.40. The zero-order valence-electron chi connectivity index (χ0n) is 11.6. The predicted molar refractivity (Wildman–Crippen MR) is 71.0 cm³/mol. The van der Waals surface area contributed by atoms with E-state index in [2.05, 4.69) is 24.1 Å². The Hall–Kier alpha value is -0.120. The molecule has 0 aromatic heterocycles. The van der Waals surface area contributed by atoms with Crippen molar-refractivity contribution in [2.75, 3.05) is 26.7 Å². The number of hydrogen-bond donors (Lipinski definition) is 2. The number of aliphatic hydroxyl groups is 1. The van der Waals surface area contributed by atoms with Gasteiger partial charge in [-0.25, -0.2) is 0 Å². The molecule has 1 aliphatic carbocycles. The van der Waals surface area contributed by atoms with E-state index in [4.69, 9.17) is 0 Å². The smallest absolute Gasteiger partial charge is 0.0628 e. The Labute approximate surface area is 106 Å². The van der Waals surface area contributed by atoms with Gasteiger partial charge in [-0.05, 0) is 58.0 Å². The number of rotatable bonds is 5. The van der Waals surface area contributed by atoms with Crippen LogP contribution in [0, 0.1) is 11.8 Å². The van der Waals surface area contributed by atoms with Crippen LogP contribution in [-0.2, 0) is 0 Å². The van der Waals surface area contributed by atoms with Crippen LogP contribution in [0.2, 0.25) is 0 Å². The summed E-state index contributed by atoms with van der Waals surface area (Å²) in [7, 11) is 2.01. The number of likely N-dealkylation sites (N-methyl/N-ethyl adjacent to an activating group) is 1. The van der Waals surface area contributed by atoms with E-state index in [0.717, 1.165) is 12.5 Å². The van der Waals surface area contributed by atoms with E-state index in [1.807, 2.05) is 7.05 Å². The fourth-order valence-electron chi connectivity index (χ4n) is 3.36.